The van der Waals surface area contributed by atoms with Gasteiger partial charge >= 0.3 is 0 Å². The Morgan fingerprint density at radius 3 is 2.47 bits per heavy atom. The van der Waals surface area contributed by atoms with E-state index in [0.717, 1.165) is 32.1 Å². The Hall–Kier alpha value is -0.820. The van der Waals surface area contributed by atoms with Crippen molar-refractivity contribution in [2.24, 2.45) is 10.9 Å². The molecular formula is C10H21N3O3S. The van der Waals surface area contributed by atoms with Crippen molar-refractivity contribution < 1.29 is 13.6 Å². The minimum absolute atomic E-state index is 0.0359. The summed E-state index contributed by atoms with van der Waals surface area (Å²) < 4.78 is 25.9. The number of nitrogens with two attached hydrogens (primary N) is 1. The van der Waals surface area contributed by atoms with Crippen LogP contribution in [0.3, 0.4) is 0 Å². The van der Waals surface area contributed by atoms with Gasteiger partial charge in [-0.25, -0.2) is 8.42 Å². The van der Waals surface area contributed by atoms with Crippen LogP contribution < -0.4 is 5.73 Å². The predicted molar refractivity (Wildman–Crippen MR) is 66.4 cm³/mol. The van der Waals surface area contributed by atoms with E-state index in [1.807, 2.05) is 0 Å². The van der Waals surface area contributed by atoms with Crippen LogP contribution in [-0.2, 0) is 10.0 Å². The lowest BCUT2D eigenvalue weighted by molar-refractivity contribution is 0.314. The van der Waals surface area contributed by atoms with Gasteiger partial charge in [0.2, 0.25) is 10.0 Å². The van der Waals surface area contributed by atoms with Crippen LogP contribution in [0.4, 0.5) is 0 Å². The van der Waals surface area contributed by atoms with Crippen molar-refractivity contribution in [1.29, 1.82) is 0 Å². The van der Waals surface area contributed by atoms with E-state index in [2.05, 4.69) is 5.16 Å². The summed E-state index contributed by atoms with van der Waals surface area (Å²) in [6, 6.07) is 0. The first kappa shape index (κ1) is 14.2. The average Bonchev–Trinajstić information content (AvgIpc) is 2.36. The van der Waals surface area contributed by atoms with Gasteiger partial charge in [-0.05, 0) is 12.8 Å². The molecule has 0 aromatic carbocycles. The zero-order valence-corrected chi connectivity index (χ0v) is 11.0. The molecule has 0 radical (unpaired) electrons. The fourth-order valence-corrected chi connectivity index (χ4v) is 4.19. The standard InChI is InChI=1S/C10H21N3O3S/c1-2-13(8-10(11)12-14)17(15,16)9-6-4-3-5-7-9/h9,14H,2-8H2,1H3,(H2,11,12). The molecule has 6 nitrogen and oxygen atoms in total. The molecule has 3 N–H and O–H groups in total. The van der Waals surface area contributed by atoms with Crippen molar-refractivity contribution in [2.75, 3.05) is 13.1 Å². The Labute approximate surface area is 103 Å². The summed E-state index contributed by atoms with van der Waals surface area (Å²) >= 11 is 0. The second kappa shape index (κ2) is 6.20. The van der Waals surface area contributed by atoms with Gasteiger partial charge < -0.3 is 10.9 Å². The summed E-state index contributed by atoms with van der Waals surface area (Å²) in [5.74, 6) is -0.0776. The monoisotopic (exact) mass is 263 g/mol. The predicted octanol–water partition coefficient (Wildman–Crippen LogP) is 0.717. The van der Waals surface area contributed by atoms with Gasteiger partial charge in [0.15, 0.2) is 5.84 Å². The molecule has 100 valence electrons. The molecule has 0 bridgehead atoms. The van der Waals surface area contributed by atoms with E-state index in [-0.39, 0.29) is 17.6 Å². The van der Waals surface area contributed by atoms with Crippen molar-refractivity contribution in [3.05, 3.63) is 0 Å². The molecule has 1 saturated carbocycles. The molecule has 0 aromatic rings. The lowest BCUT2D eigenvalue weighted by Gasteiger charge is -2.28. The third kappa shape index (κ3) is 3.57. The quantitative estimate of drug-likeness (QED) is 0.330. The minimum atomic E-state index is -3.32. The van der Waals surface area contributed by atoms with Crippen molar-refractivity contribution in [1.82, 2.24) is 4.31 Å². The lowest BCUT2D eigenvalue weighted by atomic mass is 10.0. The summed E-state index contributed by atoms with van der Waals surface area (Å²) in [5, 5.41) is 11.0. The molecule has 1 aliphatic rings. The highest BCUT2D eigenvalue weighted by atomic mass is 32.2. The van der Waals surface area contributed by atoms with Gasteiger partial charge in [0.25, 0.3) is 0 Å². The smallest absolute Gasteiger partial charge is 0.217 e. The number of rotatable bonds is 5. The van der Waals surface area contributed by atoms with Crippen LogP contribution in [0.2, 0.25) is 0 Å². The van der Waals surface area contributed by atoms with Crippen LogP contribution >= 0.6 is 0 Å². The van der Waals surface area contributed by atoms with Gasteiger partial charge in [0.1, 0.15) is 0 Å². The molecule has 0 aromatic heterocycles. The fraction of sp³-hybridized carbons (Fsp3) is 0.900. The van der Waals surface area contributed by atoms with E-state index in [1.165, 1.54) is 4.31 Å². The van der Waals surface area contributed by atoms with Gasteiger partial charge in [0, 0.05) is 6.54 Å². The fourth-order valence-electron chi connectivity index (χ4n) is 2.17. The number of sulfonamides is 1. The van der Waals surface area contributed by atoms with E-state index in [1.54, 1.807) is 6.92 Å². The Kier molecular flexibility index (Phi) is 5.20. The van der Waals surface area contributed by atoms with Gasteiger partial charge in [-0.3, -0.25) is 0 Å². The molecular weight excluding hydrogens is 242 g/mol. The highest BCUT2D eigenvalue weighted by Gasteiger charge is 2.32. The Morgan fingerprint density at radius 2 is 2.00 bits per heavy atom. The van der Waals surface area contributed by atoms with Gasteiger partial charge in [0.05, 0.1) is 11.8 Å². The Bertz CT molecular complexity index is 361. The molecule has 0 amide bonds. The molecule has 1 rings (SSSR count). The molecule has 1 aliphatic carbocycles. The zero-order valence-electron chi connectivity index (χ0n) is 10.2. The van der Waals surface area contributed by atoms with Crippen LogP contribution in [-0.4, -0.2) is 42.1 Å². The highest BCUT2D eigenvalue weighted by Crippen LogP contribution is 2.25. The van der Waals surface area contributed by atoms with Crippen molar-refractivity contribution >= 4 is 15.9 Å². The summed E-state index contributed by atoms with van der Waals surface area (Å²) in [7, 11) is -3.32. The first-order chi connectivity index (χ1) is 8.02. The molecule has 7 heteroatoms. The third-order valence-electron chi connectivity index (χ3n) is 3.15. The van der Waals surface area contributed by atoms with Crippen molar-refractivity contribution in [3.63, 3.8) is 0 Å². The van der Waals surface area contributed by atoms with E-state index in [0.29, 0.717) is 6.54 Å². The summed E-state index contributed by atoms with van der Waals surface area (Å²) in [4.78, 5) is 0. The number of hydrogen-bond donors (Lipinski definition) is 2. The molecule has 17 heavy (non-hydrogen) atoms. The van der Waals surface area contributed by atoms with E-state index < -0.39 is 10.0 Å². The number of nitrogens with zero attached hydrogens (tertiary/aromatic N) is 2. The maximum absolute atomic E-state index is 12.3. The number of likely N-dealkylation sites (N-methyl/N-ethyl adjacent to an activating group) is 1. The average molecular weight is 263 g/mol. The first-order valence-corrected chi connectivity index (χ1v) is 7.48. The van der Waals surface area contributed by atoms with Crippen molar-refractivity contribution in [2.45, 2.75) is 44.3 Å². The summed E-state index contributed by atoms with van der Waals surface area (Å²) in [6.07, 6.45) is 4.47. The Balaban J connectivity index is 2.77. The first-order valence-electron chi connectivity index (χ1n) is 5.97. The van der Waals surface area contributed by atoms with E-state index in [9.17, 15) is 8.42 Å². The zero-order chi connectivity index (χ0) is 12.9. The molecule has 0 atom stereocenters. The van der Waals surface area contributed by atoms with E-state index >= 15 is 0 Å². The van der Waals surface area contributed by atoms with Gasteiger partial charge in [-0.1, -0.05) is 31.3 Å². The highest BCUT2D eigenvalue weighted by molar-refractivity contribution is 7.89. The van der Waals surface area contributed by atoms with Crippen LogP contribution in [0.5, 0.6) is 0 Å². The van der Waals surface area contributed by atoms with Crippen LogP contribution in [0, 0.1) is 0 Å². The molecule has 0 heterocycles. The second-order valence-corrected chi connectivity index (χ2v) is 6.54. The number of hydrogen-bond acceptors (Lipinski definition) is 4. The summed E-state index contributed by atoms with van der Waals surface area (Å²) in [6.45, 7) is 2.06. The third-order valence-corrected chi connectivity index (χ3v) is 5.57. The van der Waals surface area contributed by atoms with Crippen molar-refractivity contribution in [3.8, 4) is 0 Å². The second-order valence-electron chi connectivity index (χ2n) is 4.32. The topological polar surface area (TPSA) is 96.0 Å². The Morgan fingerprint density at radius 1 is 1.41 bits per heavy atom. The maximum Gasteiger partial charge on any atom is 0.217 e. The lowest BCUT2D eigenvalue weighted by Crippen LogP contribution is -2.43. The normalized spacial score (nSPS) is 19.8. The van der Waals surface area contributed by atoms with Crippen LogP contribution in [0.1, 0.15) is 39.0 Å². The molecule has 1 fully saturated rings. The molecule has 0 unspecified atom stereocenters. The largest absolute Gasteiger partial charge is 0.409 e. The SMILES string of the molecule is CCN(C/C(N)=N/O)S(=O)(=O)C1CCCCC1. The molecule has 0 saturated heterocycles. The van der Waals surface area contributed by atoms with Crippen LogP contribution in [0.25, 0.3) is 0 Å². The van der Waals surface area contributed by atoms with Crippen LogP contribution in [0.15, 0.2) is 5.16 Å². The van der Waals surface area contributed by atoms with Gasteiger partial charge in [-0.15, -0.1) is 0 Å². The minimum Gasteiger partial charge on any atom is -0.409 e. The maximum atomic E-state index is 12.3. The molecule has 0 spiro atoms. The van der Waals surface area contributed by atoms with Gasteiger partial charge in [-0.2, -0.15) is 4.31 Å². The number of oxime groups is 1. The summed E-state index contributed by atoms with van der Waals surface area (Å²) in [5.41, 5.74) is 5.37. The van der Waals surface area contributed by atoms with E-state index in [4.69, 9.17) is 10.9 Å². The molecule has 0 aliphatic heterocycles. The number of amidine groups is 1.